The Kier molecular flexibility index (Phi) is 4.93. The first-order chi connectivity index (χ1) is 9.99. The molecule has 7 nitrogen and oxygen atoms in total. The lowest BCUT2D eigenvalue weighted by atomic mass is 9.96. The maximum absolute atomic E-state index is 11.7. The Bertz CT molecular complexity index is 446. The predicted molar refractivity (Wildman–Crippen MR) is 72.0 cm³/mol. The first kappa shape index (κ1) is 15.5. The molecule has 116 valence electrons. The Hall–Kier alpha value is -1.92. The van der Waals surface area contributed by atoms with Gasteiger partial charge in [0.15, 0.2) is 0 Å². The molecule has 2 unspecified atom stereocenters. The van der Waals surface area contributed by atoms with Crippen molar-refractivity contribution in [2.24, 2.45) is 11.8 Å². The van der Waals surface area contributed by atoms with Crippen molar-refractivity contribution in [3.05, 3.63) is 0 Å². The summed E-state index contributed by atoms with van der Waals surface area (Å²) in [7, 11) is 0. The lowest BCUT2D eigenvalue weighted by Crippen LogP contribution is -2.36. The van der Waals surface area contributed by atoms with Crippen molar-refractivity contribution in [3.63, 3.8) is 0 Å². The fraction of sp³-hybridized carbons (Fsp3) is 0.714. The third-order valence-corrected chi connectivity index (χ3v) is 4.26. The van der Waals surface area contributed by atoms with E-state index >= 15 is 0 Å². The van der Waals surface area contributed by atoms with Crippen molar-refractivity contribution in [2.45, 2.75) is 38.5 Å². The molecule has 2 aliphatic rings. The Morgan fingerprint density at radius 2 is 1.86 bits per heavy atom. The van der Waals surface area contributed by atoms with Gasteiger partial charge in [0.25, 0.3) is 0 Å². The van der Waals surface area contributed by atoms with E-state index in [0.717, 1.165) is 17.7 Å². The fourth-order valence-corrected chi connectivity index (χ4v) is 3.03. The van der Waals surface area contributed by atoms with Crippen LogP contribution in [0.3, 0.4) is 0 Å². The number of carboxylic acids is 1. The molecule has 0 aromatic heterocycles. The summed E-state index contributed by atoms with van der Waals surface area (Å²) >= 11 is 0. The smallest absolute Gasteiger partial charge is 0.306 e. The molecule has 2 atom stereocenters. The van der Waals surface area contributed by atoms with Crippen molar-refractivity contribution in [1.29, 1.82) is 0 Å². The number of carbonyl (C=O) groups excluding carboxylic acids is 3. The highest BCUT2D eigenvalue weighted by Crippen LogP contribution is 2.31. The van der Waals surface area contributed by atoms with Gasteiger partial charge in [-0.1, -0.05) is 6.42 Å². The minimum Gasteiger partial charge on any atom is -0.481 e. The SMILES string of the molecule is O=C(CCN1C(=O)CCC1=O)NCC1CCCC1C(=O)O. The summed E-state index contributed by atoms with van der Waals surface area (Å²) in [5.41, 5.74) is 0. The highest BCUT2D eigenvalue weighted by Gasteiger charge is 2.33. The lowest BCUT2D eigenvalue weighted by molar-refractivity contribution is -0.143. The van der Waals surface area contributed by atoms with Gasteiger partial charge in [0.05, 0.1) is 5.92 Å². The van der Waals surface area contributed by atoms with Gasteiger partial charge >= 0.3 is 5.97 Å². The van der Waals surface area contributed by atoms with Crippen molar-refractivity contribution in [1.82, 2.24) is 10.2 Å². The van der Waals surface area contributed by atoms with E-state index in [9.17, 15) is 19.2 Å². The molecule has 1 saturated carbocycles. The van der Waals surface area contributed by atoms with E-state index in [1.165, 1.54) is 0 Å². The highest BCUT2D eigenvalue weighted by atomic mass is 16.4. The summed E-state index contributed by atoms with van der Waals surface area (Å²) in [5, 5.41) is 11.8. The van der Waals surface area contributed by atoms with Crippen LogP contribution in [0.1, 0.15) is 38.5 Å². The molecule has 3 amide bonds. The van der Waals surface area contributed by atoms with Crippen molar-refractivity contribution >= 4 is 23.7 Å². The molecule has 1 aliphatic heterocycles. The van der Waals surface area contributed by atoms with Gasteiger partial charge in [-0.15, -0.1) is 0 Å². The molecule has 0 aromatic carbocycles. The second-order valence-electron chi connectivity index (χ2n) is 5.63. The van der Waals surface area contributed by atoms with Gasteiger partial charge in [-0.3, -0.25) is 24.1 Å². The number of rotatable bonds is 6. The van der Waals surface area contributed by atoms with Gasteiger partial charge in [-0.05, 0) is 18.8 Å². The predicted octanol–water partition coefficient (Wildman–Crippen LogP) is 0.143. The quantitative estimate of drug-likeness (QED) is 0.679. The Labute approximate surface area is 122 Å². The fourth-order valence-electron chi connectivity index (χ4n) is 3.03. The topological polar surface area (TPSA) is 104 Å². The third-order valence-electron chi connectivity index (χ3n) is 4.26. The van der Waals surface area contributed by atoms with E-state index in [0.29, 0.717) is 13.0 Å². The number of hydrogen-bond acceptors (Lipinski definition) is 4. The first-order valence-corrected chi connectivity index (χ1v) is 7.31. The molecule has 0 radical (unpaired) electrons. The molecule has 0 aromatic rings. The second-order valence-corrected chi connectivity index (χ2v) is 5.63. The van der Waals surface area contributed by atoms with E-state index in [2.05, 4.69) is 5.32 Å². The number of hydrogen-bond donors (Lipinski definition) is 2. The minimum atomic E-state index is -0.806. The number of nitrogens with one attached hydrogen (secondary N) is 1. The van der Waals surface area contributed by atoms with E-state index in [1.54, 1.807) is 0 Å². The van der Waals surface area contributed by atoms with Crippen LogP contribution >= 0.6 is 0 Å². The molecule has 21 heavy (non-hydrogen) atoms. The van der Waals surface area contributed by atoms with E-state index in [4.69, 9.17) is 5.11 Å². The van der Waals surface area contributed by atoms with Gasteiger partial charge < -0.3 is 10.4 Å². The van der Waals surface area contributed by atoms with Gasteiger partial charge in [0.1, 0.15) is 0 Å². The summed E-state index contributed by atoms with van der Waals surface area (Å²) in [4.78, 5) is 46.7. The van der Waals surface area contributed by atoms with Gasteiger partial charge in [0.2, 0.25) is 17.7 Å². The summed E-state index contributed by atoms with van der Waals surface area (Å²) in [5.74, 6) is -1.92. The summed E-state index contributed by atoms with van der Waals surface area (Å²) in [6.07, 6.45) is 2.86. The molecule has 0 bridgehead atoms. The standard InChI is InChI=1S/C14H20N2O5/c17-11(6-7-16-12(18)4-5-13(16)19)15-8-9-2-1-3-10(9)14(20)21/h9-10H,1-8H2,(H,15,17)(H,20,21). The molecule has 1 saturated heterocycles. The Balaban J connectivity index is 1.71. The van der Waals surface area contributed by atoms with E-state index in [-0.39, 0.29) is 55.4 Å². The molecule has 7 heteroatoms. The highest BCUT2D eigenvalue weighted by molar-refractivity contribution is 6.02. The van der Waals surface area contributed by atoms with Crippen molar-refractivity contribution < 1.29 is 24.3 Å². The lowest BCUT2D eigenvalue weighted by Gasteiger charge is -2.17. The van der Waals surface area contributed by atoms with E-state index < -0.39 is 5.97 Å². The van der Waals surface area contributed by atoms with E-state index in [1.807, 2.05) is 0 Å². The normalized spacial score (nSPS) is 25.4. The molecule has 1 aliphatic carbocycles. The average Bonchev–Trinajstić information content (AvgIpc) is 3.02. The van der Waals surface area contributed by atoms with Crippen molar-refractivity contribution in [2.75, 3.05) is 13.1 Å². The minimum absolute atomic E-state index is 0.0264. The van der Waals surface area contributed by atoms with Crippen LogP contribution in [0.25, 0.3) is 0 Å². The number of carbonyl (C=O) groups is 4. The molecule has 2 rings (SSSR count). The number of nitrogens with zero attached hydrogens (tertiary/aromatic N) is 1. The largest absolute Gasteiger partial charge is 0.481 e. The average molecular weight is 296 g/mol. The number of likely N-dealkylation sites (tertiary alicyclic amines) is 1. The van der Waals surface area contributed by atoms with Crippen LogP contribution in [0, 0.1) is 11.8 Å². The van der Waals surface area contributed by atoms with Crippen LogP contribution in [0.15, 0.2) is 0 Å². The number of aliphatic carboxylic acids is 1. The molecular formula is C14H20N2O5. The van der Waals surface area contributed by atoms with Crippen LogP contribution in [0.5, 0.6) is 0 Å². The molecule has 0 spiro atoms. The van der Waals surface area contributed by atoms with Crippen LogP contribution in [-0.2, 0) is 19.2 Å². The summed E-state index contributed by atoms with van der Waals surface area (Å²) < 4.78 is 0. The van der Waals surface area contributed by atoms with Crippen LogP contribution < -0.4 is 5.32 Å². The molecular weight excluding hydrogens is 276 g/mol. The summed E-state index contributed by atoms with van der Waals surface area (Å²) in [6.45, 7) is 0.453. The zero-order valence-electron chi connectivity index (χ0n) is 11.8. The molecule has 2 fully saturated rings. The van der Waals surface area contributed by atoms with Gasteiger partial charge in [-0.25, -0.2) is 0 Å². The monoisotopic (exact) mass is 296 g/mol. The first-order valence-electron chi connectivity index (χ1n) is 7.31. The van der Waals surface area contributed by atoms with Crippen LogP contribution in [-0.4, -0.2) is 46.8 Å². The number of imide groups is 1. The maximum atomic E-state index is 11.7. The number of carboxylic acid groups (broad SMARTS) is 1. The Morgan fingerprint density at radius 1 is 1.19 bits per heavy atom. The third kappa shape index (κ3) is 3.80. The maximum Gasteiger partial charge on any atom is 0.306 e. The van der Waals surface area contributed by atoms with Crippen molar-refractivity contribution in [3.8, 4) is 0 Å². The molecule has 1 heterocycles. The van der Waals surface area contributed by atoms with Gasteiger partial charge in [-0.2, -0.15) is 0 Å². The second kappa shape index (κ2) is 6.69. The van der Waals surface area contributed by atoms with Gasteiger partial charge in [0, 0.05) is 32.4 Å². The Morgan fingerprint density at radius 3 is 2.48 bits per heavy atom. The summed E-state index contributed by atoms with van der Waals surface area (Å²) in [6, 6.07) is 0. The van der Waals surface area contributed by atoms with Crippen LogP contribution in [0.2, 0.25) is 0 Å². The molecule has 2 N–H and O–H groups in total. The van der Waals surface area contributed by atoms with Crippen LogP contribution in [0.4, 0.5) is 0 Å². The number of amides is 3. The zero-order valence-corrected chi connectivity index (χ0v) is 11.8. The zero-order chi connectivity index (χ0) is 15.4.